The van der Waals surface area contributed by atoms with Crippen LogP contribution < -0.4 is 10.1 Å². The van der Waals surface area contributed by atoms with E-state index in [1.54, 1.807) is 0 Å². The van der Waals surface area contributed by atoms with Gasteiger partial charge in [-0.2, -0.15) is 0 Å². The predicted molar refractivity (Wildman–Crippen MR) is 107 cm³/mol. The monoisotopic (exact) mass is 400 g/mol. The highest BCUT2D eigenvalue weighted by atomic mass is 16.6. The minimum absolute atomic E-state index is 0.0178. The Morgan fingerprint density at radius 2 is 1.90 bits per heavy atom. The molecule has 2 aromatic carbocycles. The number of hydrogen-bond donors (Lipinski definition) is 1. The first-order chi connectivity index (χ1) is 13.8. The van der Waals surface area contributed by atoms with Crippen LogP contribution in [0.2, 0.25) is 0 Å². The summed E-state index contributed by atoms with van der Waals surface area (Å²) in [6, 6.07) is 9.22. The number of nitro groups is 1. The third-order valence-electron chi connectivity index (χ3n) is 4.29. The van der Waals surface area contributed by atoms with Crippen molar-refractivity contribution >= 4 is 17.6 Å². The Bertz CT molecular complexity index is 910. The maximum absolute atomic E-state index is 11.9. The molecule has 0 saturated carbocycles. The zero-order valence-corrected chi connectivity index (χ0v) is 16.7. The molecule has 0 fully saturated rings. The summed E-state index contributed by atoms with van der Waals surface area (Å²) >= 11 is 0. The lowest BCUT2D eigenvalue weighted by Gasteiger charge is -2.12. The van der Waals surface area contributed by atoms with E-state index >= 15 is 0 Å². The van der Waals surface area contributed by atoms with E-state index < -0.39 is 23.4 Å². The summed E-state index contributed by atoms with van der Waals surface area (Å²) < 4.78 is 10.7. The minimum atomic E-state index is -0.794. The number of aryl methyl sites for hydroxylation is 2. The Morgan fingerprint density at radius 1 is 1.14 bits per heavy atom. The standard InChI is InChI=1S/C21H24N2O6/c1-14-10-15(2)16(3)19(11-14)28-9-5-8-22-20(24)13-29-21(25)17-6-4-7-18(12-17)23(26)27/h4,6-7,10-12H,5,8-9,13H2,1-3H3,(H,22,24). The fourth-order valence-electron chi connectivity index (χ4n) is 2.64. The second-order valence-electron chi connectivity index (χ2n) is 6.64. The average molecular weight is 400 g/mol. The number of ether oxygens (including phenoxy) is 2. The molecule has 2 aromatic rings. The highest BCUT2D eigenvalue weighted by molar-refractivity contribution is 5.91. The van der Waals surface area contributed by atoms with Crippen LogP contribution in [0.3, 0.4) is 0 Å². The van der Waals surface area contributed by atoms with Crippen LogP contribution in [0.5, 0.6) is 5.75 Å². The maximum Gasteiger partial charge on any atom is 0.338 e. The molecular weight excluding hydrogens is 376 g/mol. The molecule has 0 atom stereocenters. The summed E-state index contributed by atoms with van der Waals surface area (Å²) in [5.41, 5.74) is 3.18. The molecule has 0 aliphatic heterocycles. The lowest BCUT2D eigenvalue weighted by molar-refractivity contribution is -0.384. The van der Waals surface area contributed by atoms with Crippen molar-refractivity contribution in [2.75, 3.05) is 19.8 Å². The number of non-ortho nitro benzene ring substituents is 1. The van der Waals surface area contributed by atoms with Gasteiger partial charge in [0.25, 0.3) is 11.6 Å². The molecule has 0 saturated heterocycles. The quantitative estimate of drug-likeness (QED) is 0.300. The molecule has 2 rings (SSSR count). The van der Waals surface area contributed by atoms with Gasteiger partial charge >= 0.3 is 5.97 Å². The van der Waals surface area contributed by atoms with Gasteiger partial charge in [-0.3, -0.25) is 14.9 Å². The second kappa shape index (κ2) is 10.2. The first kappa shape index (κ1) is 21.9. The molecule has 154 valence electrons. The van der Waals surface area contributed by atoms with E-state index in [0.717, 1.165) is 22.9 Å². The van der Waals surface area contributed by atoms with Crippen LogP contribution in [0, 0.1) is 30.9 Å². The van der Waals surface area contributed by atoms with E-state index in [0.29, 0.717) is 19.6 Å². The molecule has 0 aromatic heterocycles. The zero-order valence-electron chi connectivity index (χ0n) is 16.7. The highest BCUT2D eigenvalue weighted by Gasteiger charge is 2.14. The van der Waals surface area contributed by atoms with Crippen LogP contribution in [0.25, 0.3) is 0 Å². The number of hydrogen-bond acceptors (Lipinski definition) is 6. The van der Waals surface area contributed by atoms with Gasteiger partial charge in [-0.25, -0.2) is 4.79 Å². The fourth-order valence-corrected chi connectivity index (χ4v) is 2.64. The molecule has 0 radical (unpaired) electrons. The van der Waals surface area contributed by atoms with E-state index in [1.165, 1.54) is 23.8 Å². The molecule has 0 bridgehead atoms. The van der Waals surface area contributed by atoms with Crippen LogP contribution in [-0.2, 0) is 9.53 Å². The van der Waals surface area contributed by atoms with Gasteiger partial charge < -0.3 is 14.8 Å². The number of benzene rings is 2. The molecule has 1 amide bonds. The van der Waals surface area contributed by atoms with Gasteiger partial charge in [-0.15, -0.1) is 0 Å². The number of rotatable bonds is 9. The highest BCUT2D eigenvalue weighted by Crippen LogP contribution is 2.23. The van der Waals surface area contributed by atoms with E-state index in [2.05, 4.69) is 11.4 Å². The Morgan fingerprint density at radius 3 is 2.62 bits per heavy atom. The Hall–Kier alpha value is -3.42. The molecule has 0 spiro atoms. The molecule has 0 aliphatic rings. The van der Waals surface area contributed by atoms with E-state index in [1.807, 2.05) is 26.8 Å². The smallest absolute Gasteiger partial charge is 0.338 e. The number of amides is 1. The Balaban J connectivity index is 1.69. The van der Waals surface area contributed by atoms with Crippen molar-refractivity contribution in [1.29, 1.82) is 0 Å². The number of nitrogens with zero attached hydrogens (tertiary/aromatic N) is 1. The van der Waals surface area contributed by atoms with Crippen molar-refractivity contribution in [3.8, 4) is 5.75 Å². The van der Waals surface area contributed by atoms with Crippen LogP contribution in [0.4, 0.5) is 5.69 Å². The topological polar surface area (TPSA) is 108 Å². The van der Waals surface area contributed by atoms with Crippen molar-refractivity contribution in [1.82, 2.24) is 5.32 Å². The maximum atomic E-state index is 11.9. The Labute approximate surface area is 169 Å². The van der Waals surface area contributed by atoms with Crippen molar-refractivity contribution in [3.63, 3.8) is 0 Å². The Kier molecular flexibility index (Phi) is 7.70. The normalized spacial score (nSPS) is 10.3. The molecule has 29 heavy (non-hydrogen) atoms. The number of carbonyl (C=O) groups is 2. The summed E-state index contributed by atoms with van der Waals surface area (Å²) in [7, 11) is 0. The van der Waals surface area contributed by atoms with Crippen molar-refractivity contribution in [2.45, 2.75) is 27.2 Å². The largest absolute Gasteiger partial charge is 0.493 e. The van der Waals surface area contributed by atoms with Gasteiger partial charge in [-0.1, -0.05) is 12.1 Å². The van der Waals surface area contributed by atoms with Crippen LogP contribution in [-0.4, -0.2) is 36.6 Å². The fraction of sp³-hybridized carbons (Fsp3) is 0.333. The SMILES string of the molecule is Cc1cc(C)c(C)c(OCCCNC(=O)COC(=O)c2cccc([N+](=O)[O-])c2)c1. The van der Waals surface area contributed by atoms with Crippen LogP contribution in [0.15, 0.2) is 36.4 Å². The summed E-state index contributed by atoms with van der Waals surface area (Å²) in [6.45, 7) is 6.40. The molecule has 0 unspecified atom stereocenters. The second-order valence-corrected chi connectivity index (χ2v) is 6.64. The van der Waals surface area contributed by atoms with Gasteiger partial charge in [0.2, 0.25) is 0 Å². The van der Waals surface area contributed by atoms with Gasteiger partial charge in [-0.05, 0) is 56.0 Å². The number of carbonyl (C=O) groups excluding carboxylic acids is 2. The van der Waals surface area contributed by atoms with Gasteiger partial charge in [0.1, 0.15) is 5.75 Å². The molecule has 8 nitrogen and oxygen atoms in total. The summed E-state index contributed by atoms with van der Waals surface area (Å²) in [5, 5.41) is 13.4. The molecule has 0 aliphatic carbocycles. The molecular formula is C21H24N2O6. The van der Waals surface area contributed by atoms with E-state index in [4.69, 9.17) is 9.47 Å². The summed E-state index contributed by atoms with van der Waals surface area (Å²) in [4.78, 5) is 33.8. The predicted octanol–water partition coefficient (Wildman–Crippen LogP) is 3.26. The third-order valence-corrected chi connectivity index (χ3v) is 4.29. The first-order valence-electron chi connectivity index (χ1n) is 9.17. The van der Waals surface area contributed by atoms with Gasteiger partial charge in [0.15, 0.2) is 6.61 Å². The van der Waals surface area contributed by atoms with E-state index in [9.17, 15) is 19.7 Å². The van der Waals surface area contributed by atoms with Crippen molar-refractivity contribution in [2.24, 2.45) is 0 Å². The van der Waals surface area contributed by atoms with Gasteiger partial charge in [0, 0.05) is 18.7 Å². The van der Waals surface area contributed by atoms with E-state index in [-0.39, 0.29) is 11.3 Å². The average Bonchev–Trinajstić information content (AvgIpc) is 2.69. The molecule has 0 heterocycles. The van der Waals surface area contributed by atoms with Crippen molar-refractivity contribution < 1.29 is 24.0 Å². The first-order valence-corrected chi connectivity index (χ1v) is 9.17. The van der Waals surface area contributed by atoms with Crippen LogP contribution in [0.1, 0.15) is 33.5 Å². The number of nitro benzene ring substituents is 1. The molecule has 8 heteroatoms. The minimum Gasteiger partial charge on any atom is -0.493 e. The zero-order chi connectivity index (χ0) is 21.4. The molecule has 1 N–H and O–H groups in total. The summed E-state index contributed by atoms with van der Waals surface area (Å²) in [5.74, 6) is -0.413. The number of nitrogens with one attached hydrogen (secondary N) is 1. The van der Waals surface area contributed by atoms with Gasteiger partial charge in [0.05, 0.1) is 17.1 Å². The lowest BCUT2D eigenvalue weighted by atomic mass is 10.1. The number of esters is 1. The van der Waals surface area contributed by atoms with Crippen molar-refractivity contribution in [3.05, 3.63) is 68.8 Å². The van der Waals surface area contributed by atoms with Crippen LogP contribution >= 0.6 is 0 Å². The third kappa shape index (κ3) is 6.60. The summed E-state index contributed by atoms with van der Waals surface area (Å²) in [6.07, 6.45) is 0.594. The lowest BCUT2D eigenvalue weighted by Crippen LogP contribution is -2.30.